The minimum atomic E-state index is -3.71. The summed E-state index contributed by atoms with van der Waals surface area (Å²) >= 11 is 6.11. The summed E-state index contributed by atoms with van der Waals surface area (Å²) in [6.07, 6.45) is 1.05. The number of benzene rings is 2. The molecule has 0 spiro atoms. The van der Waals surface area contributed by atoms with Gasteiger partial charge in [0.2, 0.25) is 15.9 Å². The topological polar surface area (TPSA) is 75.7 Å². The Hall–Kier alpha value is -2.25. The van der Waals surface area contributed by atoms with E-state index < -0.39 is 22.0 Å². The molecule has 8 heteroatoms. The third-order valence-corrected chi connectivity index (χ3v) is 5.60. The van der Waals surface area contributed by atoms with Gasteiger partial charge in [-0.1, -0.05) is 41.4 Å². The number of aryl methyl sites for hydroxylation is 1. The first kappa shape index (κ1) is 21.1. The highest BCUT2D eigenvalue weighted by molar-refractivity contribution is 7.92. The van der Waals surface area contributed by atoms with Crippen molar-refractivity contribution in [3.05, 3.63) is 58.6 Å². The minimum Gasteiger partial charge on any atom is -0.495 e. The van der Waals surface area contributed by atoms with Crippen LogP contribution in [0.15, 0.2) is 42.5 Å². The molecule has 0 bridgehead atoms. The Morgan fingerprint density at radius 3 is 2.37 bits per heavy atom. The monoisotopic (exact) mass is 410 g/mol. The van der Waals surface area contributed by atoms with Crippen LogP contribution in [0.4, 0.5) is 5.69 Å². The van der Waals surface area contributed by atoms with Gasteiger partial charge in [0.25, 0.3) is 0 Å². The van der Waals surface area contributed by atoms with Gasteiger partial charge in [0.15, 0.2) is 0 Å². The summed E-state index contributed by atoms with van der Waals surface area (Å²) in [6.45, 7) is 3.82. The average Bonchev–Trinajstić information content (AvgIpc) is 2.60. The number of anilines is 1. The van der Waals surface area contributed by atoms with E-state index in [4.69, 9.17) is 16.3 Å². The van der Waals surface area contributed by atoms with E-state index in [0.29, 0.717) is 18.0 Å². The lowest BCUT2D eigenvalue weighted by atomic mass is 10.1. The molecule has 2 aromatic carbocycles. The number of halogens is 1. The molecule has 0 aromatic heterocycles. The van der Waals surface area contributed by atoms with Crippen LogP contribution in [0.3, 0.4) is 0 Å². The Balaban J connectivity index is 2.21. The minimum absolute atomic E-state index is 0.260. The number of rotatable bonds is 7. The van der Waals surface area contributed by atoms with Gasteiger partial charge in [-0.25, -0.2) is 8.42 Å². The van der Waals surface area contributed by atoms with Gasteiger partial charge in [-0.05, 0) is 37.6 Å². The van der Waals surface area contributed by atoms with Crippen molar-refractivity contribution in [1.29, 1.82) is 0 Å². The molecule has 1 amide bonds. The molecule has 0 saturated heterocycles. The molecular formula is C19H23ClN2O4S. The summed E-state index contributed by atoms with van der Waals surface area (Å²) < 4.78 is 30.8. The summed E-state index contributed by atoms with van der Waals surface area (Å²) in [5.74, 6) is 0.0123. The quantitative estimate of drug-likeness (QED) is 0.760. The summed E-state index contributed by atoms with van der Waals surface area (Å²) in [7, 11) is -2.25. The second-order valence-corrected chi connectivity index (χ2v) is 8.52. The van der Waals surface area contributed by atoms with Gasteiger partial charge < -0.3 is 10.1 Å². The standard InChI is InChI=1S/C19H23ClN2O4S/c1-13-5-7-15(8-6-13)12-21-19(23)14(2)22(27(4,24)25)16-9-10-18(26-3)17(20)11-16/h5-11,14H,12H2,1-4H3,(H,21,23)/t14-/m0/s1. The fourth-order valence-corrected chi connectivity index (χ4v) is 4.06. The molecule has 0 saturated carbocycles. The molecule has 1 N–H and O–H groups in total. The molecule has 27 heavy (non-hydrogen) atoms. The number of carbonyl (C=O) groups excluding carboxylic acids is 1. The van der Waals surface area contributed by atoms with Crippen molar-refractivity contribution in [2.45, 2.75) is 26.4 Å². The van der Waals surface area contributed by atoms with Gasteiger partial charge in [0, 0.05) is 6.54 Å². The highest BCUT2D eigenvalue weighted by Crippen LogP contribution is 2.31. The van der Waals surface area contributed by atoms with E-state index in [2.05, 4.69) is 5.32 Å². The first-order valence-corrected chi connectivity index (χ1v) is 10.5. The van der Waals surface area contributed by atoms with E-state index in [1.54, 1.807) is 12.1 Å². The molecular weight excluding hydrogens is 388 g/mol. The molecule has 0 aliphatic heterocycles. The van der Waals surface area contributed by atoms with Crippen LogP contribution in [0.5, 0.6) is 5.75 Å². The van der Waals surface area contributed by atoms with E-state index in [1.807, 2.05) is 31.2 Å². The first-order chi connectivity index (χ1) is 12.6. The molecule has 0 fully saturated rings. The van der Waals surface area contributed by atoms with Crippen molar-refractivity contribution in [3.8, 4) is 5.75 Å². The summed E-state index contributed by atoms with van der Waals surface area (Å²) in [4.78, 5) is 12.6. The summed E-state index contributed by atoms with van der Waals surface area (Å²) in [6, 6.07) is 11.4. The Labute approximate surface area is 165 Å². The molecule has 2 rings (SSSR count). The first-order valence-electron chi connectivity index (χ1n) is 8.29. The maximum absolute atomic E-state index is 12.6. The highest BCUT2D eigenvalue weighted by atomic mass is 35.5. The van der Waals surface area contributed by atoms with Crippen molar-refractivity contribution in [2.24, 2.45) is 0 Å². The van der Waals surface area contributed by atoms with Crippen molar-refractivity contribution in [2.75, 3.05) is 17.7 Å². The number of carbonyl (C=O) groups is 1. The molecule has 0 radical (unpaired) electrons. The van der Waals surface area contributed by atoms with E-state index in [9.17, 15) is 13.2 Å². The molecule has 1 atom stereocenters. The smallest absolute Gasteiger partial charge is 0.243 e. The molecule has 0 unspecified atom stereocenters. The Morgan fingerprint density at radius 2 is 1.85 bits per heavy atom. The lowest BCUT2D eigenvalue weighted by Crippen LogP contribution is -2.47. The van der Waals surface area contributed by atoms with Gasteiger partial charge in [0.05, 0.1) is 24.1 Å². The van der Waals surface area contributed by atoms with Gasteiger partial charge in [-0.3, -0.25) is 9.10 Å². The van der Waals surface area contributed by atoms with Crippen LogP contribution in [-0.2, 0) is 21.4 Å². The molecule has 146 valence electrons. The number of amides is 1. The highest BCUT2D eigenvalue weighted by Gasteiger charge is 2.29. The largest absolute Gasteiger partial charge is 0.495 e. The zero-order chi connectivity index (χ0) is 20.2. The van der Waals surface area contributed by atoms with Crippen LogP contribution in [0.1, 0.15) is 18.1 Å². The van der Waals surface area contributed by atoms with Crippen LogP contribution < -0.4 is 14.4 Å². The van der Waals surface area contributed by atoms with Crippen molar-refractivity contribution >= 4 is 33.2 Å². The Bertz CT molecular complexity index is 914. The zero-order valence-corrected chi connectivity index (χ0v) is 17.3. The number of hydrogen-bond acceptors (Lipinski definition) is 4. The van der Waals surface area contributed by atoms with E-state index in [-0.39, 0.29) is 5.02 Å². The maximum Gasteiger partial charge on any atom is 0.243 e. The molecule has 0 aliphatic carbocycles. The molecule has 6 nitrogen and oxygen atoms in total. The lowest BCUT2D eigenvalue weighted by Gasteiger charge is -2.28. The fraction of sp³-hybridized carbons (Fsp3) is 0.316. The Morgan fingerprint density at radius 1 is 1.22 bits per heavy atom. The third-order valence-electron chi connectivity index (χ3n) is 4.07. The number of nitrogens with one attached hydrogen (secondary N) is 1. The second-order valence-electron chi connectivity index (χ2n) is 6.26. The molecule has 0 heterocycles. The number of ether oxygens (including phenoxy) is 1. The fourth-order valence-electron chi connectivity index (χ4n) is 2.64. The number of nitrogens with zero attached hydrogens (tertiary/aromatic N) is 1. The van der Waals surface area contributed by atoms with Crippen LogP contribution in [0, 0.1) is 6.92 Å². The van der Waals surface area contributed by atoms with Crippen molar-refractivity contribution < 1.29 is 17.9 Å². The average molecular weight is 411 g/mol. The molecule has 0 aliphatic rings. The van der Waals surface area contributed by atoms with Gasteiger partial charge >= 0.3 is 0 Å². The number of methoxy groups -OCH3 is 1. The van der Waals surface area contributed by atoms with Crippen LogP contribution in [0.2, 0.25) is 5.02 Å². The van der Waals surface area contributed by atoms with E-state index in [1.165, 1.54) is 20.1 Å². The van der Waals surface area contributed by atoms with Crippen LogP contribution in [0.25, 0.3) is 0 Å². The maximum atomic E-state index is 12.6. The summed E-state index contributed by atoms with van der Waals surface area (Å²) in [5.41, 5.74) is 2.35. The van der Waals surface area contributed by atoms with Gasteiger partial charge in [-0.2, -0.15) is 0 Å². The third kappa shape index (κ3) is 5.37. The number of hydrogen-bond donors (Lipinski definition) is 1. The second kappa shape index (κ2) is 8.63. The van der Waals surface area contributed by atoms with Crippen molar-refractivity contribution in [1.82, 2.24) is 5.32 Å². The van der Waals surface area contributed by atoms with Crippen LogP contribution in [-0.4, -0.2) is 33.7 Å². The number of sulfonamides is 1. The van der Waals surface area contributed by atoms with Gasteiger partial charge in [0.1, 0.15) is 11.8 Å². The zero-order valence-electron chi connectivity index (χ0n) is 15.7. The van der Waals surface area contributed by atoms with Crippen molar-refractivity contribution in [3.63, 3.8) is 0 Å². The summed E-state index contributed by atoms with van der Waals surface area (Å²) in [5, 5.41) is 3.04. The van der Waals surface area contributed by atoms with Gasteiger partial charge in [-0.15, -0.1) is 0 Å². The lowest BCUT2D eigenvalue weighted by molar-refractivity contribution is -0.122. The SMILES string of the molecule is COc1ccc(N([C@@H](C)C(=O)NCc2ccc(C)cc2)S(C)(=O)=O)cc1Cl. The van der Waals surface area contributed by atoms with E-state index >= 15 is 0 Å². The van der Waals surface area contributed by atoms with E-state index in [0.717, 1.165) is 21.7 Å². The molecule has 2 aromatic rings. The Kier molecular flexibility index (Phi) is 6.73. The van der Waals surface area contributed by atoms with Crippen LogP contribution >= 0.6 is 11.6 Å². The predicted molar refractivity (Wildman–Crippen MR) is 108 cm³/mol. The predicted octanol–water partition coefficient (Wildman–Crippen LogP) is 3.13. The normalized spacial score (nSPS) is 12.3.